The van der Waals surface area contributed by atoms with Crippen molar-refractivity contribution < 1.29 is 13.9 Å². The van der Waals surface area contributed by atoms with Gasteiger partial charge < -0.3 is 24.4 Å². The Labute approximate surface area is 176 Å². The highest BCUT2D eigenvalue weighted by Gasteiger charge is 2.15. The molecule has 0 radical (unpaired) electrons. The third-order valence-corrected chi connectivity index (χ3v) is 3.77. The van der Waals surface area contributed by atoms with Crippen molar-refractivity contribution in [2.75, 3.05) is 20.2 Å². The van der Waals surface area contributed by atoms with Crippen molar-refractivity contribution in [3.63, 3.8) is 0 Å². The first kappa shape index (κ1) is 22.9. The minimum absolute atomic E-state index is 0. The van der Waals surface area contributed by atoms with Gasteiger partial charge in [0.05, 0.1) is 7.11 Å². The molecule has 2 rings (SSSR count). The number of hydrogen-bond donors (Lipinski definition) is 2. The normalized spacial score (nSPS) is 11.0. The van der Waals surface area contributed by atoms with Gasteiger partial charge in [0.2, 0.25) is 0 Å². The van der Waals surface area contributed by atoms with Gasteiger partial charge >= 0.3 is 5.97 Å². The molecule has 10 heteroatoms. The summed E-state index contributed by atoms with van der Waals surface area (Å²) in [7, 11) is 1.35. The van der Waals surface area contributed by atoms with E-state index in [9.17, 15) is 4.79 Å². The summed E-state index contributed by atoms with van der Waals surface area (Å²) in [4.78, 5) is 16.1. The molecule has 0 atom stereocenters. The fraction of sp³-hybridized carbons (Fsp3) is 0.529. The van der Waals surface area contributed by atoms with E-state index in [0.717, 1.165) is 25.3 Å². The van der Waals surface area contributed by atoms with Crippen molar-refractivity contribution in [2.45, 2.75) is 40.3 Å². The van der Waals surface area contributed by atoms with E-state index < -0.39 is 5.97 Å². The van der Waals surface area contributed by atoms with Crippen LogP contribution in [-0.4, -0.2) is 46.9 Å². The van der Waals surface area contributed by atoms with Gasteiger partial charge in [0.25, 0.3) is 0 Å². The largest absolute Gasteiger partial charge is 0.465 e. The van der Waals surface area contributed by atoms with E-state index in [4.69, 9.17) is 9.15 Å². The number of carbonyl (C=O) groups excluding carboxylic acids is 1. The monoisotopic (exact) mass is 490 g/mol. The van der Waals surface area contributed by atoms with Crippen molar-refractivity contribution in [1.29, 1.82) is 0 Å². The van der Waals surface area contributed by atoms with Crippen LogP contribution in [0.4, 0.5) is 0 Å². The highest BCUT2D eigenvalue weighted by molar-refractivity contribution is 14.0. The number of carbonyl (C=O) groups is 1. The molecule has 27 heavy (non-hydrogen) atoms. The molecule has 0 aromatic carbocycles. The van der Waals surface area contributed by atoms with Crippen LogP contribution >= 0.6 is 24.0 Å². The Balaban J connectivity index is 0.00000364. The molecule has 0 aliphatic carbocycles. The second-order valence-corrected chi connectivity index (χ2v) is 5.59. The Hall–Kier alpha value is -2.11. The van der Waals surface area contributed by atoms with Crippen LogP contribution in [-0.2, 0) is 24.2 Å². The van der Waals surface area contributed by atoms with Gasteiger partial charge in [-0.25, -0.2) is 9.79 Å². The van der Waals surface area contributed by atoms with E-state index in [2.05, 4.69) is 25.8 Å². The van der Waals surface area contributed by atoms with Crippen LogP contribution in [0.5, 0.6) is 0 Å². The number of ether oxygens (including phenoxy) is 1. The van der Waals surface area contributed by atoms with Gasteiger partial charge in [0.1, 0.15) is 35.8 Å². The maximum absolute atomic E-state index is 11.6. The summed E-state index contributed by atoms with van der Waals surface area (Å²) in [5, 5.41) is 14.4. The average Bonchev–Trinajstić information content (AvgIpc) is 3.25. The summed E-state index contributed by atoms with van der Waals surface area (Å²) in [6.07, 6.45) is 2.57. The molecule has 0 bridgehead atoms. The average molecular weight is 490 g/mol. The summed E-state index contributed by atoms with van der Waals surface area (Å²) in [5.41, 5.74) is 0.426. The van der Waals surface area contributed by atoms with Gasteiger partial charge in [0.15, 0.2) is 5.96 Å². The number of guanidine groups is 1. The van der Waals surface area contributed by atoms with Crippen LogP contribution in [0, 0.1) is 6.92 Å². The lowest BCUT2D eigenvalue weighted by atomic mass is 10.2. The highest BCUT2D eigenvalue weighted by Crippen LogP contribution is 2.16. The highest BCUT2D eigenvalue weighted by atomic mass is 127. The molecule has 9 nitrogen and oxygen atoms in total. The molecule has 0 saturated carbocycles. The van der Waals surface area contributed by atoms with Crippen LogP contribution < -0.4 is 10.6 Å². The first-order valence-corrected chi connectivity index (χ1v) is 8.65. The summed E-state index contributed by atoms with van der Waals surface area (Å²) in [6.45, 7) is 8.26. The van der Waals surface area contributed by atoms with Gasteiger partial charge in [0, 0.05) is 26.1 Å². The number of aliphatic imine (C=N–C) groups is 1. The number of aryl methyl sites for hydroxylation is 2. The fourth-order valence-corrected chi connectivity index (χ4v) is 2.47. The van der Waals surface area contributed by atoms with Crippen LogP contribution in [0.3, 0.4) is 0 Å². The first-order valence-electron chi connectivity index (χ1n) is 8.65. The SMILES string of the molecule is CCNC(=NCc1cc(C(=O)OC)c(C)o1)NCCn1cnnc1CC.I. The van der Waals surface area contributed by atoms with Gasteiger partial charge in [-0.05, 0) is 19.9 Å². The number of furan rings is 1. The van der Waals surface area contributed by atoms with Gasteiger partial charge in [-0.3, -0.25) is 0 Å². The van der Waals surface area contributed by atoms with Crippen molar-refractivity contribution in [3.8, 4) is 0 Å². The third kappa shape index (κ3) is 6.52. The lowest BCUT2D eigenvalue weighted by molar-refractivity contribution is 0.0599. The standard InChI is InChI=1S/C17H26N6O3.HI/c1-5-15-22-21-11-23(15)8-7-19-17(18-6-2)20-10-13-9-14(12(3)26-13)16(24)25-4;/h9,11H,5-8,10H2,1-4H3,(H2,18,19,20);1H. The summed E-state index contributed by atoms with van der Waals surface area (Å²) in [5.74, 6) is 2.35. The molecule has 2 aromatic rings. The second kappa shape index (κ2) is 11.6. The topological polar surface area (TPSA) is 107 Å². The molecule has 2 N–H and O–H groups in total. The lowest BCUT2D eigenvalue weighted by Crippen LogP contribution is -2.38. The van der Waals surface area contributed by atoms with E-state index in [1.54, 1.807) is 19.3 Å². The number of aromatic nitrogens is 3. The summed E-state index contributed by atoms with van der Waals surface area (Å²) >= 11 is 0. The van der Waals surface area contributed by atoms with Crippen LogP contribution in [0.25, 0.3) is 0 Å². The number of nitrogens with zero attached hydrogens (tertiary/aromatic N) is 4. The number of halogens is 1. The molecule has 2 aromatic heterocycles. The summed E-state index contributed by atoms with van der Waals surface area (Å²) in [6, 6.07) is 1.67. The zero-order valence-electron chi connectivity index (χ0n) is 16.1. The van der Waals surface area contributed by atoms with Crippen molar-refractivity contribution in [3.05, 3.63) is 35.3 Å². The predicted octanol–water partition coefficient (Wildman–Crippen LogP) is 1.90. The zero-order valence-corrected chi connectivity index (χ0v) is 18.4. The maximum atomic E-state index is 11.6. The molecule has 0 fully saturated rings. The first-order chi connectivity index (χ1) is 12.6. The van der Waals surface area contributed by atoms with Gasteiger partial charge in [-0.2, -0.15) is 0 Å². The van der Waals surface area contributed by atoms with E-state index in [-0.39, 0.29) is 24.0 Å². The quantitative estimate of drug-likeness (QED) is 0.252. The molecule has 0 aliphatic rings. The summed E-state index contributed by atoms with van der Waals surface area (Å²) < 4.78 is 12.3. The smallest absolute Gasteiger partial charge is 0.341 e. The van der Waals surface area contributed by atoms with Crippen molar-refractivity contribution >= 4 is 35.9 Å². The Morgan fingerprint density at radius 2 is 2.15 bits per heavy atom. The third-order valence-electron chi connectivity index (χ3n) is 3.77. The van der Waals surface area contributed by atoms with E-state index >= 15 is 0 Å². The van der Waals surface area contributed by atoms with Crippen LogP contribution in [0.1, 0.15) is 41.6 Å². The minimum Gasteiger partial charge on any atom is -0.465 e. The second-order valence-electron chi connectivity index (χ2n) is 5.59. The lowest BCUT2D eigenvalue weighted by Gasteiger charge is -2.11. The molecule has 0 amide bonds. The molecule has 0 spiro atoms. The zero-order chi connectivity index (χ0) is 18.9. The van der Waals surface area contributed by atoms with Crippen molar-refractivity contribution in [2.24, 2.45) is 4.99 Å². The predicted molar refractivity (Wildman–Crippen MR) is 112 cm³/mol. The number of nitrogens with one attached hydrogen (secondary N) is 2. The maximum Gasteiger partial charge on any atom is 0.341 e. The van der Waals surface area contributed by atoms with E-state index in [1.165, 1.54) is 7.11 Å². The van der Waals surface area contributed by atoms with E-state index in [1.807, 2.05) is 18.4 Å². The Kier molecular flexibility index (Phi) is 9.83. The van der Waals surface area contributed by atoms with Crippen LogP contribution in [0.15, 0.2) is 21.8 Å². The molecular weight excluding hydrogens is 463 g/mol. The molecule has 150 valence electrons. The molecule has 0 saturated heterocycles. The molecule has 0 unspecified atom stereocenters. The number of hydrogen-bond acceptors (Lipinski definition) is 6. The number of methoxy groups -OCH3 is 1. The number of esters is 1. The Bertz CT molecular complexity index is 756. The van der Waals surface area contributed by atoms with Gasteiger partial charge in [-0.15, -0.1) is 34.2 Å². The molecular formula is C17H27IN6O3. The molecule has 2 heterocycles. The van der Waals surface area contributed by atoms with Crippen LogP contribution in [0.2, 0.25) is 0 Å². The fourth-order valence-electron chi connectivity index (χ4n) is 2.47. The Morgan fingerprint density at radius 3 is 2.81 bits per heavy atom. The van der Waals surface area contributed by atoms with Gasteiger partial charge in [-0.1, -0.05) is 6.92 Å². The Morgan fingerprint density at radius 1 is 1.37 bits per heavy atom. The van der Waals surface area contributed by atoms with E-state index in [0.29, 0.717) is 36.1 Å². The molecule has 0 aliphatic heterocycles. The minimum atomic E-state index is -0.410. The number of rotatable bonds is 8. The van der Waals surface area contributed by atoms with Crippen molar-refractivity contribution in [1.82, 2.24) is 25.4 Å².